The highest BCUT2D eigenvalue weighted by molar-refractivity contribution is 5.76. The molecule has 0 unspecified atom stereocenters. The van der Waals surface area contributed by atoms with Crippen LogP contribution in [0.2, 0.25) is 0 Å². The fraction of sp³-hybridized carbons (Fsp3) is 0.500. The molecule has 1 aromatic rings. The summed E-state index contributed by atoms with van der Waals surface area (Å²) in [5, 5.41) is 9.83. The molecule has 1 aliphatic carbocycles. The molecule has 21 heavy (non-hydrogen) atoms. The molecule has 1 saturated heterocycles. The Hall–Kier alpha value is -1.61. The highest BCUT2D eigenvalue weighted by Crippen LogP contribution is 2.52. The summed E-state index contributed by atoms with van der Waals surface area (Å²) in [5.74, 6) is -0.712. The maximum absolute atomic E-state index is 12.0. The molecule has 3 aliphatic rings. The second kappa shape index (κ2) is 4.70. The number of fused-ring (bicyclic) bond motifs is 2. The van der Waals surface area contributed by atoms with E-state index in [-0.39, 0.29) is 17.0 Å². The number of carboxylic acid groups (broad SMARTS) is 1. The zero-order chi connectivity index (χ0) is 15.3. The number of carbonyl (C=O) groups is 1. The Morgan fingerprint density at radius 3 is 2.43 bits per heavy atom. The second-order valence-electron chi connectivity index (χ2n) is 6.93. The molecule has 3 nitrogen and oxygen atoms in total. The van der Waals surface area contributed by atoms with E-state index in [1.165, 1.54) is 5.56 Å². The quantitative estimate of drug-likeness (QED) is 0.862. The van der Waals surface area contributed by atoms with E-state index >= 15 is 0 Å². The Kier molecular flexibility index (Phi) is 3.21. The van der Waals surface area contributed by atoms with Gasteiger partial charge in [-0.05, 0) is 32.3 Å². The Balaban J connectivity index is 2.06. The van der Waals surface area contributed by atoms with E-state index in [2.05, 4.69) is 50.0 Å². The third-order valence-electron chi connectivity index (χ3n) is 5.42. The molecule has 2 aliphatic heterocycles. The summed E-state index contributed by atoms with van der Waals surface area (Å²) in [5.41, 5.74) is 0.734. The first kappa shape index (κ1) is 14.3. The van der Waals surface area contributed by atoms with Gasteiger partial charge in [-0.15, -0.1) is 0 Å². The van der Waals surface area contributed by atoms with Gasteiger partial charge < -0.3 is 5.11 Å². The van der Waals surface area contributed by atoms with Gasteiger partial charge in [-0.1, -0.05) is 49.4 Å². The smallest absolute Gasteiger partial charge is 0.321 e. The predicted octanol–water partition coefficient (Wildman–Crippen LogP) is 3.63. The van der Waals surface area contributed by atoms with Gasteiger partial charge in [0.05, 0.1) is 0 Å². The lowest BCUT2D eigenvalue weighted by Gasteiger charge is -2.59. The summed E-state index contributed by atoms with van der Waals surface area (Å²) in [6.07, 6.45) is 6.30. The number of hydrogen-bond donors (Lipinski definition) is 1. The number of carboxylic acids is 1. The first-order valence-electron chi connectivity index (χ1n) is 7.64. The van der Waals surface area contributed by atoms with E-state index in [9.17, 15) is 9.90 Å². The van der Waals surface area contributed by atoms with Crippen LogP contribution in [0.5, 0.6) is 0 Å². The van der Waals surface area contributed by atoms with Crippen LogP contribution < -0.4 is 0 Å². The molecule has 3 heteroatoms. The van der Waals surface area contributed by atoms with E-state index in [0.717, 1.165) is 12.8 Å². The van der Waals surface area contributed by atoms with Crippen molar-refractivity contribution in [1.29, 1.82) is 0 Å². The highest BCUT2D eigenvalue weighted by atomic mass is 16.4. The van der Waals surface area contributed by atoms with Gasteiger partial charge in [0.15, 0.2) is 0 Å². The van der Waals surface area contributed by atoms with Crippen LogP contribution in [-0.2, 0) is 4.79 Å². The van der Waals surface area contributed by atoms with E-state index in [0.29, 0.717) is 0 Å². The number of aliphatic carboxylic acids is 1. The molecule has 1 N–H and O–H groups in total. The van der Waals surface area contributed by atoms with Gasteiger partial charge in [-0.2, -0.15) is 0 Å². The average molecular weight is 285 g/mol. The molecule has 1 fully saturated rings. The molecular formula is C18H23NO2. The van der Waals surface area contributed by atoms with Crippen LogP contribution in [0.4, 0.5) is 0 Å². The zero-order valence-corrected chi connectivity index (χ0v) is 12.9. The molecule has 4 rings (SSSR count). The maximum atomic E-state index is 12.0. The van der Waals surface area contributed by atoms with Crippen molar-refractivity contribution in [3.63, 3.8) is 0 Å². The third kappa shape index (κ3) is 2.11. The Bertz CT molecular complexity index is 582. The van der Waals surface area contributed by atoms with Gasteiger partial charge in [0.1, 0.15) is 6.04 Å². The van der Waals surface area contributed by atoms with Crippen molar-refractivity contribution in [1.82, 2.24) is 4.90 Å². The lowest BCUT2D eigenvalue weighted by Crippen LogP contribution is -2.66. The van der Waals surface area contributed by atoms with E-state index in [4.69, 9.17) is 0 Å². The first-order valence-corrected chi connectivity index (χ1v) is 7.64. The number of hydrogen-bond acceptors (Lipinski definition) is 2. The van der Waals surface area contributed by atoms with Crippen molar-refractivity contribution >= 4 is 5.97 Å². The molecule has 0 spiro atoms. The lowest BCUT2D eigenvalue weighted by atomic mass is 9.63. The summed E-state index contributed by atoms with van der Waals surface area (Å²) >= 11 is 0. The topological polar surface area (TPSA) is 40.5 Å². The van der Waals surface area contributed by atoms with Crippen LogP contribution >= 0.6 is 0 Å². The number of nitrogens with zero attached hydrogens (tertiary/aromatic N) is 1. The second-order valence-corrected chi connectivity index (χ2v) is 6.93. The predicted molar refractivity (Wildman–Crippen MR) is 83.0 cm³/mol. The standard InChI is InChI=1S/C18H23NO2/c1-13(14-7-5-4-6-8-14)19-15(16(20)21)17(2)9-11-18(19,3)12-10-17/h4-9,11,13,15H,10,12H2,1-3H3,(H,20,21)/t13-,15-,17+,18-/m1/s1. The van der Waals surface area contributed by atoms with E-state index in [1.54, 1.807) is 0 Å². The van der Waals surface area contributed by atoms with Gasteiger partial charge >= 0.3 is 5.97 Å². The summed E-state index contributed by atoms with van der Waals surface area (Å²) in [4.78, 5) is 14.2. The zero-order valence-electron chi connectivity index (χ0n) is 12.9. The van der Waals surface area contributed by atoms with Crippen molar-refractivity contribution in [2.24, 2.45) is 5.41 Å². The van der Waals surface area contributed by atoms with Crippen molar-refractivity contribution in [2.75, 3.05) is 0 Å². The average Bonchev–Trinajstić information content (AvgIpc) is 2.47. The number of benzene rings is 1. The minimum absolute atomic E-state index is 0.0851. The molecule has 112 valence electrons. The van der Waals surface area contributed by atoms with Gasteiger partial charge in [-0.25, -0.2) is 0 Å². The Morgan fingerprint density at radius 2 is 1.90 bits per heavy atom. The molecule has 0 aromatic heterocycles. The lowest BCUT2D eigenvalue weighted by molar-refractivity contribution is -0.159. The minimum atomic E-state index is -0.712. The summed E-state index contributed by atoms with van der Waals surface area (Å²) in [7, 11) is 0. The van der Waals surface area contributed by atoms with Crippen LogP contribution in [0.3, 0.4) is 0 Å². The first-order chi connectivity index (χ1) is 9.87. The highest BCUT2D eigenvalue weighted by Gasteiger charge is 2.56. The third-order valence-corrected chi connectivity index (χ3v) is 5.42. The van der Waals surface area contributed by atoms with Crippen LogP contribution in [-0.4, -0.2) is 27.6 Å². The molecule has 0 saturated carbocycles. The van der Waals surface area contributed by atoms with Gasteiger partial charge in [-0.3, -0.25) is 9.69 Å². The van der Waals surface area contributed by atoms with Crippen molar-refractivity contribution in [3.05, 3.63) is 48.0 Å². The van der Waals surface area contributed by atoms with Gasteiger partial charge in [0.2, 0.25) is 0 Å². The molecule has 4 atom stereocenters. The molecule has 2 heterocycles. The Labute approximate surface area is 126 Å². The number of piperidine rings is 1. The molecule has 0 radical (unpaired) electrons. The van der Waals surface area contributed by atoms with Gasteiger partial charge in [0.25, 0.3) is 0 Å². The van der Waals surface area contributed by atoms with E-state index in [1.807, 2.05) is 18.2 Å². The van der Waals surface area contributed by atoms with Crippen molar-refractivity contribution < 1.29 is 9.90 Å². The largest absolute Gasteiger partial charge is 0.480 e. The Morgan fingerprint density at radius 1 is 1.24 bits per heavy atom. The van der Waals surface area contributed by atoms with Crippen LogP contribution in [0.25, 0.3) is 0 Å². The fourth-order valence-electron chi connectivity index (χ4n) is 4.07. The monoisotopic (exact) mass is 285 g/mol. The number of rotatable bonds is 3. The summed E-state index contributed by atoms with van der Waals surface area (Å²) in [6.45, 7) is 6.36. The summed E-state index contributed by atoms with van der Waals surface area (Å²) in [6, 6.07) is 9.82. The molecule has 2 bridgehead atoms. The maximum Gasteiger partial charge on any atom is 0.321 e. The van der Waals surface area contributed by atoms with E-state index < -0.39 is 12.0 Å². The molecule has 0 amide bonds. The minimum Gasteiger partial charge on any atom is -0.480 e. The van der Waals surface area contributed by atoms with Gasteiger partial charge in [0, 0.05) is 17.0 Å². The van der Waals surface area contributed by atoms with Crippen LogP contribution in [0.1, 0.15) is 45.2 Å². The normalized spacial score (nSPS) is 36.6. The van der Waals surface area contributed by atoms with Crippen molar-refractivity contribution in [3.8, 4) is 0 Å². The van der Waals surface area contributed by atoms with Crippen LogP contribution in [0.15, 0.2) is 42.5 Å². The molecular weight excluding hydrogens is 262 g/mol. The van der Waals surface area contributed by atoms with Crippen molar-refractivity contribution in [2.45, 2.75) is 51.2 Å². The molecule has 1 aromatic carbocycles. The SMILES string of the molecule is C[C@H](c1ccccc1)N1[C@H](C(=O)O)[C@@]2(C)C=C[C@]1(C)CC2. The van der Waals surface area contributed by atoms with Crippen LogP contribution in [0, 0.1) is 5.41 Å². The summed E-state index contributed by atoms with van der Waals surface area (Å²) < 4.78 is 0. The fourth-order valence-corrected chi connectivity index (χ4v) is 4.07.